The average Bonchev–Trinajstić information content (AvgIpc) is 3.31. The van der Waals surface area contributed by atoms with Crippen molar-refractivity contribution < 1.29 is 9.47 Å². The Balaban J connectivity index is 1.28. The molecule has 122 valence electrons. The predicted octanol–water partition coefficient (Wildman–Crippen LogP) is 3.09. The fourth-order valence-electron chi connectivity index (χ4n) is 3.58. The standard InChI is InChI=1S/C18H22N2O2S/c1-3-15(10-19-6-1)12-21-16-9-18(22-13-16)5-7-20(14-18)11-17-4-2-8-23-17/h1-4,6,8,10,16H,5,7,9,11-14H2/t16-,18+/m0/s1. The molecule has 2 aromatic rings. The van der Waals surface area contributed by atoms with E-state index in [0.29, 0.717) is 13.2 Å². The summed E-state index contributed by atoms with van der Waals surface area (Å²) >= 11 is 1.83. The van der Waals surface area contributed by atoms with Gasteiger partial charge in [-0.1, -0.05) is 12.1 Å². The van der Waals surface area contributed by atoms with Crippen molar-refractivity contribution in [3.05, 3.63) is 52.5 Å². The van der Waals surface area contributed by atoms with Crippen molar-refractivity contribution in [2.75, 3.05) is 19.7 Å². The molecule has 4 nitrogen and oxygen atoms in total. The molecule has 0 aliphatic carbocycles. The number of aromatic nitrogens is 1. The predicted molar refractivity (Wildman–Crippen MR) is 90.3 cm³/mol. The molecule has 0 unspecified atom stereocenters. The van der Waals surface area contributed by atoms with Gasteiger partial charge in [-0.15, -0.1) is 11.3 Å². The monoisotopic (exact) mass is 330 g/mol. The topological polar surface area (TPSA) is 34.6 Å². The van der Waals surface area contributed by atoms with Gasteiger partial charge in [0.15, 0.2) is 0 Å². The van der Waals surface area contributed by atoms with Crippen molar-refractivity contribution in [3.8, 4) is 0 Å². The van der Waals surface area contributed by atoms with Gasteiger partial charge in [-0.3, -0.25) is 9.88 Å². The summed E-state index contributed by atoms with van der Waals surface area (Å²) in [5, 5.41) is 2.15. The lowest BCUT2D eigenvalue weighted by Crippen LogP contribution is -2.32. The normalized spacial score (nSPS) is 27.9. The molecule has 0 amide bonds. The van der Waals surface area contributed by atoms with Crippen LogP contribution in [-0.2, 0) is 22.6 Å². The van der Waals surface area contributed by atoms with Crippen LogP contribution in [0.3, 0.4) is 0 Å². The maximum atomic E-state index is 6.17. The van der Waals surface area contributed by atoms with E-state index in [1.165, 1.54) is 4.88 Å². The quantitative estimate of drug-likeness (QED) is 0.844. The van der Waals surface area contributed by atoms with Crippen LogP contribution in [0.15, 0.2) is 42.0 Å². The number of hydrogen-bond donors (Lipinski definition) is 0. The lowest BCUT2D eigenvalue weighted by Gasteiger charge is -2.23. The van der Waals surface area contributed by atoms with Gasteiger partial charge in [0.25, 0.3) is 0 Å². The van der Waals surface area contributed by atoms with Crippen molar-refractivity contribution in [1.82, 2.24) is 9.88 Å². The van der Waals surface area contributed by atoms with Gasteiger partial charge in [-0.25, -0.2) is 0 Å². The summed E-state index contributed by atoms with van der Waals surface area (Å²) in [5.74, 6) is 0. The largest absolute Gasteiger partial charge is 0.371 e. The highest BCUT2D eigenvalue weighted by atomic mass is 32.1. The Kier molecular flexibility index (Phi) is 4.44. The van der Waals surface area contributed by atoms with Gasteiger partial charge in [-0.2, -0.15) is 0 Å². The van der Waals surface area contributed by atoms with E-state index < -0.39 is 0 Å². The van der Waals surface area contributed by atoms with Crippen LogP contribution in [0.25, 0.3) is 0 Å². The van der Waals surface area contributed by atoms with E-state index in [0.717, 1.165) is 38.0 Å². The maximum absolute atomic E-state index is 6.17. The first-order chi connectivity index (χ1) is 11.3. The Morgan fingerprint density at radius 3 is 3.22 bits per heavy atom. The van der Waals surface area contributed by atoms with E-state index in [2.05, 4.69) is 33.5 Å². The minimum atomic E-state index is 0.0108. The van der Waals surface area contributed by atoms with E-state index in [4.69, 9.17) is 9.47 Å². The first-order valence-electron chi connectivity index (χ1n) is 8.21. The number of pyridine rings is 1. The third-order valence-electron chi connectivity index (χ3n) is 4.74. The Hall–Kier alpha value is -1.27. The van der Waals surface area contributed by atoms with Gasteiger partial charge in [0.05, 0.1) is 24.9 Å². The highest BCUT2D eigenvalue weighted by molar-refractivity contribution is 7.09. The minimum absolute atomic E-state index is 0.0108. The van der Waals surface area contributed by atoms with Crippen LogP contribution in [0.1, 0.15) is 23.3 Å². The number of likely N-dealkylation sites (tertiary alicyclic amines) is 1. The lowest BCUT2D eigenvalue weighted by atomic mass is 9.98. The van der Waals surface area contributed by atoms with Gasteiger partial charge < -0.3 is 9.47 Å². The molecule has 2 aliphatic rings. The third-order valence-corrected chi connectivity index (χ3v) is 5.60. The summed E-state index contributed by atoms with van der Waals surface area (Å²) in [4.78, 5) is 8.07. The third kappa shape index (κ3) is 3.63. The first kappa shape index (κ1) is 15.3. The van der Waals surface area contributed by atoms with Crippen LogP contribution in [-0.4, -0.2) is 41.3 Å². The van der Waals surface area contributed by atoms with Crippen LogP contribution >= 0.6 is 11.3 Å². The molecular formula is C18H22N2O2S. The maximum Gasteiger partial charge on any atom is 0.0847 e. The van der Waals surface area contributed by atoms with Gasteiger partial charge in [0.2, 0.25) is 0 Å². The molecule has 4 rings (SSSR count). The summed E-state index contributed by atoms with van der Waals surface area (Å²) in [6.07, 6.45) is 5.98. The smallest absolute Gasteiger partial charge is 0.0847 e. The minimum Gasteiger partial charge on any atom is -0.371 e. The number of thiophene rings is 1. The summed E-state index contributed by atoms with van der Waals surface area (Å²) in [5.41, 5.74) is 1.14. The number of hydrogen-bond acceptors (Lipinski definition) is 5. The molecule has 0 saturated carbocycles. The van der Waals surface area contributed by atoms with Gasteiger partial charge in [0.1, 0.15) is 0 Å². The highest BCUT2D eigenvalue weighted by Crippen LogP contribution is 2.37. The molecule has 0 bridgehead atoms. The molecule has 0 N–H and O–H groups in total. The van der Waals surface area contributed by atoms with Gasteiger partial charge in [0, 0.05) is 43.3 Å². The molecule has 2 aliphatic heterocycles. The van der Waals surface area contributed by atoms with Crippen LogP contribution in [0, 0.1) is 0 Å². The average molecular weight is 330 g/mol. The SMILES string of the molecule is c1cncc(CO[C@@H]2CO[C@]3(CCN(Cc4cccs4)C3)C2)c1. The summed E-state index contributed by atoms with van der Waals surface area (Å²) in [6.45, 7) is 4.53. The Bertz CT molecular complexity index is 619. The molecule has 1 spiro atoms. The van der Waals surface area contributed by atoms with Crippen molar-refractivity contribution in [2.24, 2.45) is 0 Å². The van der Waals surface area contributed by atoms with Crippen molar-refractivity contribution in [3.63, 3.8) is 0 Å². The fraction of sp³-hybridized carbons (Fsp3) is 0.500. The van der Waals surface area contributed by atoms with Crippen molar-refractivity contribution in [2.45, 2.75) is 37.7 Å². The van der Waals surface area contributed by atoms with Gasteiger partial charge in [-0.05, 0) is 29.5 Å². The zero-order valence-electron chi connectivity index (χ0n) is 13.2. The second-order valence-corrected chi connectivity index (χ2v) is 7.56. The molecule has 2 atom stereocenters. The van der Waals surface area contributed by atoms with Crippen LogP contribution in [0.5, 0.6) is 0 Å². The Morgan fingerprint density at radius 2 is 2.39 bits per heavy atom. The van der Waals surface area contributed by atoms with Crippen LogP contribution in [0.2, 0.25) is 0 Å². The molecule has 5 heteroatoms. The van der Waals surface area contributed by atoms with E-state index >= 15 is 0 Å². The summed E-state index contributed by atoms with van der Waals surface area (Å²) in [7, 11) is 0. The molecule has 4 heterocycles. The molecule has 0 aromatic carbocycles. The number of ether oxygens (including phenoxy) is 2. The van der Waals surface area contributed by atoms with E-state index in [9.17, 15) is 0 Å². The molecule has 23 heavy (non-hydrogen) atoms. The molecule has 2 saturated heterocycles. The van der Waals surface area contributed by atoms with E-state index in [-0.39, 0.29) is 11.7 Å². The van der Waals surface area contributed by atoms with Crippen LogP contribution in [0.4, 0.5) is 0 Å². The second-order valence-electron chi connectivity index (χ2n) is 6.53. The lowest BCUT2D eigenvalue weighted by molar-refractivity contribution is -0.000410. The fourth-order valence-corrected chi connectivity index (χ4v) is 4.32. The van der Waals surface area contributed by atoms with E-state index in [1.807, 2.05) is 23.6 Å². The zero-order chi connectivity index (χ0) is 15.5. The Labute approximate surface area is 141 Å². The van der Waals surface area contributed by atoms with Crippen LogP contribution < -0.4 is 0 Å². The highest BCUT2D eigenvalue weighted by Gasteiger charge is 2.45. The summed E-state index contributed by atoms with van der Waals surface area (Å²) < 4.78 is 12.2. The molecule has 2 aromatic heterocycles. The molecule has 0 radical (unpaired) electrons. The zero-order valence-corrected chi connectivity index (χ0v) is 14.0. The number of nitrogens with zero attached hydrogens (tertiary/aromatic N) is 2. The molecule has 2 fully saturated rings. The second kappa shape index (κ2) is 6.69. The van der Waals surface area contributed by atoms with Crippen molar-refractivity contribution >= 4 is 11.3 Å². The first-order valence-corrected chi connectivity index (χ1v) is 9.09. The summed E-state index contributed by atoms with van der Waals surface area (Å²) in [6, 6.07) is 8.34. The van der Waals surface area contributed by atoms with Crippen molar-refractivity contribution in [1.29, 1.82) is 0 Å². The van der Waals surface area contributed by atoms with Gasteiger partial charge >= 0.3 is 0 Å². The Morgan fingerprint density at radius 1 is 1.39 bits per heavy atom. The molecular weight excluding hydrogens is 308 g/mol. The van der Waals surface area contributed by atoms with E-state index in [1.54, 1.807) is 6.20 Å². The number of rotatable bonds is 5.